The van der Waals surface area contributed by atoms with E-state index in [0.29, 0.717) is 48.0 Å². The molecule has 3 aromatic rings. The lowest BCUT2D eigenvalue weighted by atomic mass is 9.83. The van der Waals surface area contributed by atoms with Gasteiger partial charge in [-0.2, -0.15) is 0 Å². The Balaban J connectivity index is 1.48. The van der Waals surface area contributed by atoms with Crippen molar-refractivity contribution >= 4 is 17.9 Å². The molecular weight excluding hydrogens is 498 g/mol. The lowest BCUT2D eigenvalue weighted by Crippen LogP contribution is -2.50. The highest BCUT2D eigenvalue weighted by Crippen LogP contribution is 2.35. The summed E-state index contributed by atoms with van der Waals surface area (Å²) in [5.41, 5.74) is 2.02. The van der Waals surface area contributed by atoms with E-state index < -0.39 is 5.91 Å². The summed E-state index contributed by atoms with van der Waals surface area (Å²) >= 11 is 0. The number of nitrogens with one attached hydrogen (secondary N) is 1. The molecule has 202 valence electrons. The molecule has 1 fully saturated rings. The Hall–Kier alpha value is -4.53. The molecule has 39 heavy (non-hydrogen) atoms. The number of carbonyl (C=O) groups excluding carboxylic acids is 2. The molecule has 9 heteroatoms. The first-order valence-corrected chi connectivity index (χ1v) is 12.8. The Morgan fingerprint density at radius 1 is 0.897 bits per heavy atom. The fourth-order valence-corrected chi connectivity index (χ4v) is 5.43. The first kappa shape index (κ1) is 26.1. The molecule has 2 bridgehead atoms. The minimum atomic E-state index is -0.423. The number of pyridine rings is 1. The quantitative estimate of drug-likeness (QED) is 0.472. The van der Waals surface area contributed by atoms with Crippen LogP contribution in [-0.2, 0) is 11.3 Å². The fourth-order valence-electron chi connectivity index (χ4n) is 5.43. The lowest BCUT2D eigenvalue weighted by Gasteiger charge is -2.43. The number of amides is 2. The number of likely N-dealkylation sites (tertiary alicyclic amines) is 1. The van der Waals surface area contributed by atoms with Crippen LogP contribution in [-0.4, -0.2) is 55.7 Å². The zero-order valence-corrected chi connectivity index (χ0v) is 22.2. The van der Waals surface area contributed by atoms with E-state index in [-0.39, 0.29) is 29.0 Å². The van der Waals surface area contributed by atoms with Gasteiger partial charge in [-0.1, -0.05) is 6.07 Å². The molecule has 2 aliphatic rings. The molecule has 1 aromatic heterocycles. The van der Waals surface area contributed by atoms with Crippen molar-refractivity contribution in [2.24, 2.45) is 5.92 Å². The average molecular weight is 530 g/mol. The Morgan fingerprint density at radius 3 is 2.36 bits per heavy atom. The van der Waals surface area contributed by atoms with Gasteiger partial charge in [0.2, 0.25) is 0 Å². The van der Waals surface area contributed by atoms with E-state index in [9.17, 15) is 14.4 Å². The summed E-state index contributed by atoms with van der Waals surface area (Å²) in [4.78, 5) is 41.5. The second-order valence-corrected chi connectivity index (χ2v) is 9.76. The van der Waals surface area contributed by atoms with Crippen LogP contribution in [0.3, 0.4) is 0 Å². The van der Waals surface area contributed by atoms with Crippen molar-refractivity contribution < 1.29 is 23.8 Å². The van der Waals surface area contributed by atoms with Gasteiger partial charge in [0, 0.05) is 48.4 Å². The maximum absolute atomic E-state index is 14.0. The number of ether oxygens (including phenoxy) is 3. The van der Waals surface area contributed by atoms with E-state index in [1.165, 1.54) is 0 Å². The van der Waals surface area contributed by atoms with Crippen LogP contribution < -0.4 is 25.1 Å². The molecule has 2 aliphatic heterocycles. The van der Waals surface area contributed by atoms with E-state index in [0.717, 1.165) is 12.1 Å². The SMILES string of the molecule is COc1ccc(C(=O)N/C(=C\c2cc(OC)ccc2OC)C(=O)N2C[C@H]3C[C@@H](C2)c2cccc(=O)n2C3)cc1. The van der Waals surface area contributed by atoms with Crippen molar-refractivity contribution in [1.29, 1.82) is 0 Å². The van der Waals surface area contributed by atoms with Gasteiger partial charge in [0.05, 0.1) is 21.3 Å². The van der Waals surface area contributed by atoms with Crippen molar-refractivity contribution in [3.63, 3.8) is 0 Å². The van der Waals surface area contributed by atoms with Gasteiger partial charge in [-0.05, 0) is 66.9 Å². The van der Waals surface area contributed by atoms with Gasteiger partial charge in [-0.15, -0.1) is 0 Å². The summed E-state index contributed by atoms with van der Waals surface area (Å²) in [7, 11) is 4.66. The van der Waals surface area contributed by atoms with Crippen LogP contribution in [0.25, 0.3) is 6.08 Å². The molecule has 9 nitrogen and oxygen atoms in total. The lowest BCUT2D eigenvalue weighted by molar-refractivity contribution is -0.130. The van der Waals surface area contributed by atoms with Crippen molar-refractivity contribution in [2.75, 3.05) is 34.4 Å². The summed E-state index contributed by atoms with van der Waals surface area (Å²) in [6, 6.07) is 17.2. The van der Waals surface area contributed by atoms with Gasteiger partial charge in [0.15, 0.2) is 0 Å². The first-order chi connectivity index (χ1) is 18.9. The largest absolute Gasteiger partial charge is 0.497 e. The summed E-state index contributed by atoms with van der Waals surface area (Å²) in [5, 5.41) is 2.84. The van der Waals surface area contributed by atoms with E-state index in [1.54, 1.807) is 86.9 Å². The van der Waals surface area contributed by atoms with Crippen LogP contribution in [0.4, 0.5) is 0 Å². The molecule has 0 spiro atoms. The predicted octanol–water partition coefficient (Wildman–Crippen LogP) is 3.29. The van der Waals surface area contributed by atoms with Crippen molar-refractivity contribution in [3.8, 4) is 17.2 Å². The predicted molar refractivity (Wildman–Crippen MR) is 146 cm³/mol. The number of rotatable bonds is 7. The number of benzene rings is 2. The standard InChI is InChI=1S/C30H31N3O6/c1-37-23-9-7-20(8-10-23)29(35)31-25(15-21-14-24(38-2)11-12-27(21)39-3)30(36)32-16-19-13-22(18-32)26-5-4-6-28(34)33(26)17-19/h4-12,14-15,19,22H,13,16-18H2,1-3H3,(H,31,35)/b25-15-/t19-,22+/m1/s1. The van der Waals surface area contributed by atoms with Crippen LogP contribution in [0.2, 0.25) is 0 Å². The normalized spacial score (nSPS) is 18.1. The number of hydrogen-bond donors (Lipinski definition) is 1. The molecule has 0 unspecified atom stereocenters. The number of fused-ring (bicyclic) bond motifs is 4. The third-order valence-electron chi connectivity index (χ3n) is 7.33. The van der Waals surface area contributed by atoms with Crippen LogP contribution >= 0.6 is 0 Å². The third-order valence-corrected chi connectivity index (χ3v) is 7.33. The van der Waals surface area contributed by atoms with Gasteiger partial charge in [-0.3, -0.25) is 14.4 Å². The first-order valence-electron chi connectivity index (χ1n) is 12.8. The van der Waals surface area contributed by atoms with Gasteiger partial charge in [0.1, 0.15) is 22.9 Å². The maximum Gasteiger partial charge on any atom is 0.270 e. The minimum Gasteiger partial charge on any atom is -0.497 e. The molecule has 5 rings (SSSR count). The monoisotopic (exact) mass is 529 g/mol. The van der Waals surface area contributed by atoms with Crippen LogP contribution in [0.5, 0.6) is 17.2 Å². The summed E-state index contributed by atoms with van der Waals surface area (Å²) in [5.74, 6) is 1.20. The number of piperidine rings is 1. The van der Waals surface area contributed by atoms with Crippen LogP contribution in [0, 0.1) is 5.92 Å². The molecule has 2 atom stereocenters. The second kappa shape index (κ2) is 11.1. The summed E-state index contributed by atoms with van der Waals surface area (Å²) < 4.78 is 17.9. The Kier molecular flexibility index (Phi) is 7.40. The zero-order chi connectivity index (χ0) is 27.5. The highest BCUT2D eigenvalue weighted by atomic mass is 16.5. The fraction of sp³-hybridized carbons (Fsp3) is 0.300. The van der Waals surface area contributed by atoms with Crippen molar-refractivity contribution in [3.05, 3.63) is 93.5 Å². The smallest absolute Gasteiger partial charge is 0.270 e. The molecule has 0 aliphatic carbocycles. The molecule has 0 radical (unpaired) electrons. The molecular formula is C30H31N3O6. The molecule has 2 aromatic carbocycles. The Bertz CT molecular complexity index is 1480. The number of nitrogens with zero attached hydrogens (tertiary/aromatic N) is 2. The maximum atomic E-state index is 14.0. The number of carbonyl (C=O) groups is 2. The summed E-state index contributed by atoms with van der Waals surface area (Å²) in [6.07, 6.45) is 2.53. The van der Waals surface area contributed by atoms with Gasteiger partial charge < -0.3 is 29.0 Å². The average Bonchev–Trinajstić information content (AvgIpc) is 2.96. The topological polar surface area (TPSA) is 99.1 Å². The number of methoxy groups -OCH3 is 3. The highest BCUT2D eigenvalue weighted by Gasteiger charge is 2.37. The minimum absolute atomic E-state index is 0.0144. The van der Waals surface area contributed by atoms with E-state index in [1.807, 2.05) is 10.6 Å². The van der Waals surface area contributed by atoms with E-state index in [4.69, 9.17) is 14.2 Å². The highest BCUT2D eigenvalue weighted by molar-refractivity contribution is 6.05. The van der Waals surface area contributed by atoms with Gasteiger partial charge in [-0.25, -0.2) is 0 Å². The number of aromatic nitrogens is 1. The molecule has 2 amide bonds. The molecule has 1 saturated heterocycles. The van der Waals surface area contributed by atoms with Crippen molar-refractivity contribution in [1.82, 2.24) is 14.8 Å². The Morgan fingerprint density at radius 2 is 1.64 bits per heavy atom. The van der Waals surface area contributed by atoms with E-state index >= 15 is 0 Å². The molecule has 1 N–H and O–H groups in total. The molecule has 3 heterocycles. The van der Waals surface area contributed by atoms with Crippen molar-refractivity contribution in [2.45, 2.75) is 18.9 Å². The van der Waals surface area contributed by atoms with Crippen LogP contribution in [0.1, 0.15) is 34.0 Å². The number of hydrogen-bond acceptors (Lipinski definition) is 6. The molecule has 0 saturated carbocycles. The Labute approximate surface area is 226 Å². The summed E-state index contributed by atoms with van der Waals surface area (Å²) in [6.45, 7) is 1.50. The van der Waals surface area contributed by atoms with Crippen LogP contribution in [0.15, 0.2) is 71.2 Å². The van der Waals surface area contributed by atoms with Gasteiger partial charge in [0.25, 0.3) is 17.4 Å². The van der Waals surface area contributed by atoms with E-state index in [2.05, 4.69) is 5.32 Å². The second-order valence-electron chi connectivity index (χ2n) is 9.76. The zero-order valence-electron chi connectivity index (χ0n) is 22.2. The third kappa shape index (κ3) is 5.38. The van der Waals surface area contributed by atoms with Gasteiger partial charge >= 0.3 is 0 Å².